The number of halogens is 1. The van der Waals surface area contributed by atoms with E-state index < -0.39 is 5.82 Å². The third kappa shape index (κ3) is 6.69. The van der Waals surface area contributed by atoms with Gasteiger partial charge in [0.1, 0.15) is 17.3 Å². The molecule has 0 saturated carbocycles. The molecule has 1 fully saturated rings. The molecule has 0 aliphatic carbocycles. The van der Waals surface area contributed by atoms with Crippen molar-refractivity contribution >= 4 is 5.91 Å². The molecular weight excluding hydrogens is 467 g/mol. The Morgan fingerprint density at radius 2 is 1.62 bits per heavy atom. The minimum atomic E-state index is -0.471. The van der Waals surface area contributed by atoms with Crippen molar-refractivity contribution in [3.05, 3.63) is 95.3 Å². The molecule has 0 radical (unpaired) electrons. The minimum Gasteiger partial charge on any atom is -0.497 e. The molecule has 1 heterocycles. The van der Waals surface area contributed by atoms with E-state index in [1.54, 1.807) is 32.4 Å². The van der Waals surface area contributed by atoms with E-state index in [9.17, 15) is 9.18 Å². The molecule has 1 saturated heterocycles. The first-order chi connectivity index (χ1) is 17.9. The van der Waals surface area contributed by atoms with Crippen LogP contribution in [0.15, 0.2) is 72.8 Å². The molecule has 37 heavy (non-hydrogen) atoms. The fourth-order valence-electron chi connectivity index (χ4n) is 5.34. The van der Waals surface area contributed by atoms with Crippen molar-refractivity contribution in [2.45, 2.75) is 26.3 Å². The summed E-state index contributed by atoms with van der Waals surface area (Å²) in [6.45, 7) is 7.79. The summed E-state index contributed by atoms with van der Waals surface area (Å²) in [5, 5.41) is 0. The molecule has 196 valence electrons. The molecule has 2 atom stereocenters. The number of carbonyl (C=O) groups excluding carboxylic acids is 1. The molecular formula is C31H37FN2O3. The van der Waals surface area contributed by atoms with Crippen LogP contribution in [0.1, 0.15) is 41.3 Å². The first kappa shape index (κ1) is 26.7. The highest BCUT2D eigenvalue weighted by molar-refractivity contribution is 5.94. The number of likely N-dealkylation sites (tertiary alicyclic amines) is 1. The van der Waals surface area contributed by atoms with Crippen LogP contribution in [0.5, 0.6) is 11.5 Å². The summed E-state index contributed by atoms with van der Waals surface area (Å²) in [5.41, 5.74) is 2.52. The highest BCUT2D eigenvalue weighted by Gasteiger charge is 2.36. The van der Waals surface area contributed by atoms with Crippen LogP contribution in [-0.4, -0.2) is 56.1 Å². The summed E-state index contributed by atoms with van der Waals surface area (Å²) >= 11 is 0. The zero-order chi connectivity index (χ0) is 26.4. The van der Waals surface area contributed by atoms with Crippen LogP contribution >= 0.6 is 0 Å². The highest BCUT2D eigenvalue weighted by Crippen LogP contribution is 2.35. The lowest BCUT2D eigenvalue weighted by Crippen LogP contribution is -2.40. The molecule has 0 unspecified atom stereocenters. The molecule has 3 aromatic rings. The van der Waals surface area contributed by atoms with Crippen LogP contribution in [0.2, 0.25) is 0 Å². The van der Waals surface area contributed by atoms with Gasteiger partial charge >= 0.3 is 0 Å². The van der Waals surface area contributed by atoms with Crippen molar-refractivity contribution < 1.29 is 18.7 Å². The fraction of sp³-hybridized carbons (Fsp3) is 0.387. The van der Waals surface area contributed by atoms with Crippen LogP contribution in [0.3, 0.4) is 0 Å². The number of rotatable bonds is 10. The van der Waals surface area contributed by atoms with Crippen molar-refractivity contribution in [2.75, 3.05) is 40.4 Å². The molecule has 4 rings (SSSR count). The molecule has 0 bridgehead atoms. The van der Waals surface area contributed by atoms with E-state index in [1.165, 1.54) is 11.6 Å². The van der Waals surface area contributed by atoms with Gasteiger partial charge in [0.15, 0.2) is 0 Å². The van der Waals surface area contributed by atoms with Gasteiger partial charge in [-0.15, -0.1) is 0 Å². The summed E-state index contributed by atoms with van der Waals surface area (Å²) in [6, 6.07) is 22.7. The Hall–Kier alpha value is -3.38. The number of amides is 1. The van der Waals surface area contributed by atoms with Gasteiger partial charge in [-0.3, -0.25) is 9.69 Å². The molecule has 1 amide bonds. The second-order valence-corrected chi connectivity index (χ2v) is 10.3. The highest BCUT2D eigenvalue weighted by atomic mass is 19.1. The molecule has 0 N–H and O–H groups in total. The quantitative estimate of drug-likeness (QED) is 0.347. The number of hydrogen-bond donors (Lipinski definition) is 0. The second-order valence-electron chi connectivity index (χ2n) is 10.3. The van der Waals surface area contributed by atoms with E-state index in [0.717, 1.165) is 36.7 Å². The Balaban J connectivity index is 1.59. The first-order valence-electron chi connectivity index (χ1n) is 12.9. The molecule has 1 aliphatic rings. The van der Waals surface area contributed by atoms with E-state index in [1.807, 2.05) is 29.2 Å². The molecule has 5 nitrogen and oxygen atoms in total. The first-order valence-corrected chi connectivity index (χ1v) is 12.9. The van der Waals surface area contributed by atoms with E-state index in [2.05, 4.69) is 43.0 Å². The average molecular weight is 505 g/mol. The van der Waals surface area contributed by atoms with Gasteiger partial charge in [-0.25, -0.2) is 4.39 Å². The predicted octanol–water partition coefficient (Wildman–Crippen LogP) is 5.86. The van der Waals surface area contributed by atoms with Gasteiger partial charge in [0, 0.05) is 44.7 Å². The lowest BCUT2D eigenvalue weighted by atomic mass is 9.88. The lowest BCUT2D eigenvalue weighted by Gasteiger charge is -2.30. The standard InChI is InChI=1S/C31H37FN2O3/c1-22(2)17-34(31(35)28-12-8-9-13-30(28)32)20-25-19-33(21-29(25)24-10-6-5-7-11-24)18-23-14-26(36-3)16-27(15-23)37-4/h5-16,22,25,29H,17-21H2,1-4H3/t25-,29-/m0/s1. The zero-order valence-electron chi connectivity index (χ0n) is 22.2. The second kappa shape index (κ2) is 12.2. The number of methoxy groups -OCH3 is 2. The number of nitrogens with zero attached hydrogens (tertiary/aromatic N) is 2. The normalized spacial score (nSPS) is 17.7. The number of ether oxygens (including phenoxy) is 2. The summed E-state index contributed by atoms with van der Waals surface area (Å²) in [4.78, 5) is 17.8. The Labute approximate surface area is 219 Å². The summed E-state index contributed by atoms with van der Waals surface area (Å²) in [5.74, 6) is 1.57. The Kier molecular flexibility index (Phi) is 8.82. The van der Waals surface area contributed by atoms with E-state index in [0.29, 0.717) is 13.1 Å². The van der Waals surface area contributed by atoms with Gasteiger partial charge in [-0.05, 0) is 47.2 Å². The largest absolute Gasteiger partial charge is 0.497 e. The Morgan fingerprint density at radius 3 is 2.24 bits per heavy atom. The van der Waals surface area contributed by atoms with Gasteiger partial charge in [0.25, 0.3) is 5.91 Å². The molecule has 6 heteroatoms. The van der Waals surface area contributed by atoms with Crippen LogP contribution in [-0.2, 0) is 6.54 Å². The maximum atomic E-state index is 14.5. The Morgan fingerprint density at radius 1 is 0.973 bits per heavy atom. The van der Waals surface area contributed by atoms with Crippen LogP contribution in [0, 0.1) is 17.7 Å². The minimum absolute atomic E-state index is 0.137. The maximum absolute atomic E-state index is 14.5. The van der Waals surface area contributed by atoms with E-state index in [-0.39, 0.29) is 29.2 Å². The van der Waals surface area contributed by atoms with Crippen molar-refractivity contribution in [3.63, 3.8) is 0 Å². The van der Waals surface area contributed by atoms with Gasteiger partial charge in [0.05, 0.1) is 19.8 Å². The topological polar surface area (TPSA) is 42.0 Å². The predicted molar refractivity (Wildman–Crippen MR) is 145 cm³/mol. The molecule has 3 aromatic carbocycles. The lowest BCUT2D eigenvalue weighted by molar-refractivity contribution is 0.0698. The molecule has 0 spiro atoms. The van der Waals surface area contributed by atoms with E-state index >= 15 is 0 Å². The average Bonchev–Trinajstić information content (AvgIpc) is 3.30. The van der Waals surface area contributed by atoms with Crippen molar-refractivity contribution in [1.82, 2.24) is 9.80 Å². The number of benzene rings is 3. The smallest absolute Gasteiger partial charge is 0.256 e. The van der Waals surface area contributed by atoms with Gasteiger partial charge < -0.3 is 14.4 Å². The van der Waals surface area contributed by atoms with Crippen LogP contribution in [0.25, 0.3) is 0 Å². The zero-order valence-corrected chi connectivity index (χ0v) is 22.2. The van der Waals surface area contributed by atoms with Crippen molar-refractivity contribution in [1.29, 1.82) is 0 Å². The maximum Gasteiger partial charge on any atom is 0.256 e. The number of hydrogen-bond acceptors (Lipinski definition) is 4. The van der Waals surface area contributed by atoms with Gasteiger partial charge in [-0.1, -0.05) is 56.3 Å². The monoisotopic (exact) mass is 504 g/mol. The third-order valence-corrected chi connectivity index (χ3v) is 6.99. The van der Waals surface area contributed by atoms with Crippen LogP contribution < -0.4 is 9.47 Å². The van der Waals surface area contributed by atoms with Gasteiger partial charge in [-0.2, -0.15) is 0 Å². The summed E-state index contributed by atoms with van der Waals surface area (Å²) in [7, 11) is 3.32. The third-order valence-electron chi connectivity index (χ3n) is 6.99. The summed E-state index contributed by atoms with van der Waals surface area (Å²) in [6.07, 6.45) is 0. The molecule has 0 aromatic heterocycles. The van der Waals surface area contributed by atoms with E-state index in [4.69, 9.17) is 9.47 Å². The van der Waals surface area contributed by atoms with Gasteiger partial charge in [0.2, 0.25) is 0 Å². The van der Waals surface area contributed by atoms with Crippen LogP contribution in [0.4, 0.5) is 4.39 Å². The van der Waals surface area contributed by atoms with Crippen molar-refractivity contribution in [3.8, 4) is 11.5 Å². The summed E-state index contributed by atoms with van der Waals surface area (Å²) < 4.78 is 25.5. The Bertz CT molecular complexity index is 1160. The van der Waals surface area contributed by atoms with Crippen molar-refractivity contribution in [2.24, 2.45) is 11.8 Å². The SMILES string of the molecule is COc1cc(CN2C[C@@H](CN(CC(C)C)C(=O)c3ccccc3F)[C@H](c3ccccc3)C2)cc(OC)c1. The fourth-order valence-corrected chi connectivity index (χ4v) is 5.34. The number of carbonyl (C=O) groups is 1. The molecule has 1 aliphatic heterocycles.